The summed E-state index contributed by atoms with van der Waals surface area (Å²) in [5, 5.41) is 11.6. The lowest BCUT2D eigenvalue weighted by atomic mass is 10.2. The van der Waals surface area contributed by atoms with E-state index in [0.717, 1.165) is 10.1 Å². The molecular formula is C22H22Cl2N4O3S3. The monoisotopic (exact) mass is 556 g/mol. The summed E-state index contributed by atoms with van der Waals surface area (Å²) >= 11 is 14.9. The molecule has 7 nitrogen and oxygen atoms in total. The van der Waals surface area contributed by atoms with Crippen LogP contribution >= 0.6 is 45.9 Å². The highest BCUT2D eigenvalue weighted by molar-refractivity contribution is 7.91. The van der Waals surface area contributed by atoms with E-state index in [0.29, 0.717) is 22.0 Å². The standard InChI is InChI=1S/C22H22Cl2N4O3S3/c1-3-6-26(2)21(25)16-13-32-20(19(16)24)22(29)27-7-9-28(10-8-27)34(30,31)18-11-14-4-5-15(23)12-17(14)33-18/h3-5,11-13,25H,1,6-10H2,2H3. The van der Waals surface area contributed by atoms with Gasteiger partial charge in [0.1, 0.15) is 14.9 Å². The number of carbonyl (C=O) groups excluding carboxylic acids is 1. The number of nitrogens with zero attached hydrogens (tertiary/aromatic N) is 3. The van der Waals surface area contributed by atoms with Gasteiger partial charge in [-0.25, -0.2) is 8.42 Å². The highest BCUT2D eigenvalue weighted by atomic mass is 35.5. The van der Waals surface area contributed by atoms with Crippen molar-refractivity contribution in [3.05, 3.63) is 62.8 Å². The summed E-state index contributed by atoms with van der Waals surface area (Å²) in [6, 6.07) is 6.95. The van der Waals surface area contributed by atoms with Crippen molar-refractivity contribution in [1.82, 2.24) is 14.1 Å². The molecule has 0 radical (unpaired) electrons. The van der Waals surface area contributed by atoms with Gasteiger partial charge >= 0.3 is 0 Å². The first-order chi connectivity index (χ1) is 16.1. The Balaban J connectivity index is 1.45. The normalized spacial score (nSPS) is 15.0. The molecule has 1 fully saturated rings. The van der Waals surface area contributed by atoms with Crippen LogP contribution < -0.4 is 0 Å². The number of hydrogen-bond acceptors (Lipinski definition) is 6. The molecule has 0 spiro atoms. The molecule has 1 saturated heterocycles. The van der Waals surface area contributed by atoms with Crippen LogP contribution in [0.3, 0.4) is 0 Å². The Morgan fingerprint density at radius 2 is 1.94 bits per heavy atom. The molecule has 0 atom stereocenters. The van der Waals surface area contributed by atoms with Gasteiger partial charge in [0.05, 0.1) is 5.02 Å². The predicted molar refractivity (Wildman–Crippen MR) is 140 cm³/mol. The third-order valence-corrected chi connectivity index (χ3v) is 10.7. The molecule has 4 rings (SSSR count). The Morgan fingerprint density at radius 1 is 1.24 bits per heavy atom. The third kappa shape index (κ3) is 4.75. The maximum atomic E-state index is 13.2. The topological polar surface area (TPSA) is 84.8 Å². The molecule has 0 aliphatic carbocycles. The van der Waals surface area contributed by atoms with Crippen LogP contribution in [0.5, 0.6) is 0 Å². The summed E-state index contributed by atoms with van der Waals surface area (Å²) in [7, 11) is -1.92. The van der Waals surface area contributed by atoms with Crippen molar-refractivity contribution in [1.29, 1.82) is 5.41 Å². The highest BCUT2D eigenvalue weighted by Crippen LogP contribution is 2.34. The first-order valence-corrected chi connectivity index (χ1v) is 14.2. The van der Waals surface area contributed by atoms with Crippen LogP contribution in [0.25, 0.3) is 10.1 Å². The van der Waals surface area contributed by atoms with Crippen molar-refractivity contribution in [2.75, 3.05) is 39.8 Å². The quantitative estimate of drug-likeness (QED) is 0.267. The van der Waals surface area contributed by atoms with E-state index >= 15 is 0 Å². The number of halogens is 2. The summed E-state index contributed by atoms with van der Waals surface area (Å²) in [5.41, 5.74) is 0.491. The Bertz CT molecular complexity index is 1380. The molecule has 2 aromatic heterocycles. The van der Waals surface area contributed by atoms with Gasteiger partial charge in [0.15, 0.2) is 0 Å². The zero-order valence-electron chi connectivity index (χ0n) is 18.3. The minimum Gasteiger partial charge on any atom is -0.356 e. The summed E-state index contributed by atoms with van der Waals surface area (Å²) in [6.07, 6.45) is 1.68. The van der Waals surface area contributed by atoms with E-state index in [1.54, 1.807) is 52.6 Å². The molecule has 3 aromatic rings. The number of carbonyl (C=O) groups is 1. The van der Waals surface area contributed by atoms with Gasteiger partial charge in [-0.3, -0.25) is 10.2 Å². The molecule has 0 unspecified atom stereocenters. The van der Waals surface area contributed by atoms with E-state index in [1.165, 1.54) is 27.0 Å². The summed E-state index contributed by atoms with van der Waals surface area (Å²) < 4.78 is 28.8. The number of benzene rings is 1. The van der Waals surface area contributed by atoms with Gasteiger partial charge in [0.25, 0.3) is 15.9 Å². The number of nitrogens with one attached hydrogen (secondary N) is 1. The van der Waals surface area contributed by atoms with Gasteiger partial charge in [-0.15, -0.1) is 29.3 Å². The Kier molecular flexibility index (Phi) is 7.37. The lowest BCUT2D eigenvalue weighted by molar-refractivity contribution is 0.0703. The highest BCUT2D eigenvalue weighted by Gasteiger charge is 2.33. The van der Waals surface area contributed by atoms with E-state index in [2.05, 4.69) is 6.58 Å². The summed E-state index contributed by atoms with van der Waals surface area (Å²) in [4.78, 5) is 16.7. The van der Waals surface area contributed by atoms with Crippen molar-refractivity contribution in [3.63, 3.8) is 0 Å². The molecular weight excluding hydrogens is 535 g/mol. The molecule has 12 heteroatoms. The molecule has 180 valence electrons. The first-order valence-electron chi connectivity index (χ1n) is 10.3. The average Bonchev–Trinajstić information content (AvgIpc) is 3.42. The second kappa shape index (κ2) is 9.96. The van der Waals surface area contributed by atoms with Crippen LogP contribution in [0.2, 0.25) is 10.0 Å². The van der Waals surface area contributed by atoms with Gasteiger partial charge in [-0.1, -0.05) is 35.3 Å². The van der Waals surface area contributed by atoms with Gasteiger partial charge in [0.2, 0.25) is 0 Å². The second-order valence-electron chi connectivity index (χ2n) is 7.75. The van der Waals surface area contributed by atoms with Crippen molar-refractivity contribution in [2.24, 2.45) is 0 Å². The number of thiophene rings is 2. The molecule has 1 aliphatic heterocycles. The molecule has 1 amide bonds. The Hall–Kier alpha value is -1.95. The van der Waals surface area contributed by atoms with Gasteiger partial charge in [-0.05, 0) is 23.6 Å². The smallest absolute Gasteiger partial charge is 0.265 e. The fourth-order valence-electron chi connectivity index (χ4n) is 3.65. The number of rotatable bonds is 6. The second-order valence-corrected chi connectivity index (χ2v) is 12.7. The molecule has 34 heavy (non-hydrogen) atoms. The van der Waals surface area contributed by atoms with E-state index in [1.807, 2.05) is 0 Å². The van der Waals surface area contributed by atoms with Gasteiger partial charge in [0, 0.05) is 60.4 Å². The van der Waals surface area contributed by atoms with E-state index in [9.17, 15) is 13.2 Å². The number of likely N-dealkylation sites (N-methyl/N-ethyl adjacent to an activating group) is 1. The number of sulfonamides is 1. The summed E-state index contributed by atoms with van der Waals surface area (Å²) in [5.74, 6) is -0.0466. The fraction of sp³-hybridized carbons (Fsp3) is 0.273. The minimum atomic E-state index is -3.68. The maximum absolute atomic E-state index is 13.2. The van der Waals surface area contributed by atoms with E-state index in [-0.39, 0.29) is 47.2 Å². The number of amides is 1. The number of amidine groups is 1. The fourth-order valence-corrected chi connectivity index (χ4v) is 8.23. The van der Waals surface area contributed by atoms with Crippen LogP contribution in [0.4, 0.5) is 0 Å². The number of fused-ring (bicyclic) bond motifs is 1. The first kappa shape index (κ1) is 25.2. The van der Waals surface area contributed by atoms with Gasteiger partial charge in [-0.2, -0.15) is 4.31 Å². The largest absolute Gasteiger partial charge is 0.356 e. The van der Waals surface area contributed by atoms with Crippen LogP contribution in [0.15, 0.2) is 46.5 Å². The molecule has 1 N–H and O–H groups in total. The molecule has 0 bridgehead atoms. The van der Waals surface area contributed by atoms with Crippen molar-refractivity contribution < 1.29 is 13.2 Å². The molecule has 1 aromatic carbocycles. The molecule has 1 aliphatic rings. The Morgan fingerprint density at radius 3 is 2.62 bits per heavy atom. The SMILES string of the molecule is C=CCN(C)C(=N)c1csc(C(=O)N2CCN(S(=O)(=O)c3cc4ccc(Cl)cc4s3)CC2)c1Cl. The zero-order valence-corrected chi connectivity index (χ0v) is 22.2. The maximum Gasteiger partial charge on any atom is 0.265 e. The average molecular weight is 558 g/mol. The minimum absolute atomic E-state index is 0.191. The number of hydrogen-bond donors (Lipinski definition) is 1. The van der Waals surface area contributed by atoms with Crippen LogP contribution in [0, 0.1) is 5.41 Å². The summed E-state index contributed by atoms with van der Waals surface area (Å²) in [6.45, 7) is 5.05. The van der Waals surface area contributed by atoms with Crippen LogP contribution in [-0.2, 0) is 10.0 Å². The van der Waals surface area contributed by atoms with E-state index < -0.39 is 10.0 Å². The van der Waals surface area contributed by atoms with Crippen LogP contribution in [-0.4, -0.2) is 74.0 Å². The Labute approximate surface area is 216 Å². The van der Waals surface area contributed by atoms with E-state index in [4.69, 9.17) is 28.6 Å². The van der Waals surface area contributed by atoms with Crippen molar-refractivity contribution in [3.8, 4) is 0 Å². The lowest BCUT2D eigenvalue weighted by Crippen LogP contribution is -2.50. The van der Waals surface area contributed by atoms with Crippen molar-refractivity contribution >= 4 is 77.7 Å². The van der Waals surface area contributed by atoms with Crippen LogP contribution in [0.1, 0.15) is 15.2 Å². The number of piperazine rings is 1. The predicted octanol–water partition coefficient (Wildman–Crippen LogP) is 4.86. The molecule has 3 heterocycles. The van der Waals surface area contributed by atoms with Crippen molar-refractivity contribution in [2.45, 2.75) is 4.21 Å². The lowest BCUT2D eigenvalue weighted by Gasteiger charge is -2.33. The third-order valence-electron chi connectivity index (χ3n) is 5.54. The van der Waals surface area contributed by atoms with Gasteiger partial charge < -0.3 is 9.80 Å². The zero-order chi connectivity index (χ0) is 24.6. The molecule has 0 saturated carbocycles.